The predicted octanol–water partition coefficient (Wildman–Crippen LogP) is 4.10. The van der Waals surface area contributed by atoms with Crippen LogP contribution in [-0.4, -0.2) is 30.4 Å². The smallest absolute Gasteiger partial charge is 0.222 e. The van der Waals surface area contributed by atoms with Crippen molar-refractivity contribution in [3.63, 3.8) is 0 Å². The van der Waals surface area contributed by atoms with Crippen LogP contribution in [-0.2, 0) is 0 Å². The molecule has 3 aromatic rings. The number of nitrogens with zero attached hydrogens (tertiary/aromatic N) is 2. The zero-order valence-corrected chi connectivity index (χ0v) is 15.1. The van der Waals surface area contributed by atoms with Crippen LogP contribution in [0.1, 0.15) is 11.1 Å². The van der Waals surface area contributed by atoms with Gasteiger partial charge in [0, 0.05) is 10.0 Å². The van der Waals surface area contributed by atoms with Gasteiger partial charge in [0.2, 0.25) is 5.95 Å². The molecule has 2 N–H and O–H groups in total. The minimum Gasteiger partial charge on any atom is -0.493 e. The molecule has 7 heteroatoms. The minimum absolute atomic E-state index is 0.577. The fraction of sp³-hybridized carbons (Fsp3) is 0.176. The van der Waals surface area contributed by atoms with Gasteiger partial charge in [-0.25, -0.2) is 10.4 Å². The van der Waals surface area contributed by atoms with Crippen LogP contribution < -0.4 is 14.9 Å². The highest BCUT2D eigenvalue weighted by Crippen LogP contribution is 2.33. The number of imidazole rings is 1. The fourth-order valence-electron chi connectivity index (χ4n) is 2.39. The second kappa shape index (κ2) is 6.92. The molecule has 0 aliphatic carbocycles. The SMILES string of the molecule is COc1cc(Br)cc(/C=N\Nc2nc3ccc(C)cc3[nH]2)c1OC. The van der Waals surface area contributed by atoms with Crippen LogP contribution in [0.3, 0.4) is 0 Å². The van der Waals surface area contributed by atoms with Gasteiger partial charge in [-0.2, -0.15) is 5.10 Å². The number of hydrazone groups is 1. The molecule has 124 valence electrons. The lowest BCUT2D eigenvalue weighted by Gasteiger charge is -2.10. The largest absolute Gasteiger partial charge is 0.493 e. The van der Waals surface area contributed by atoms with Crippen molar-refractivity contribution in [2.75, 3.05) is 19.6 Å². The predicted molar refractivity (Wildman–Crippen MR) is 99.3 cm³/mol. The van der Waals surface area contributed by atoms with E-state index in [1.54, 1.807) is 20.4 Å². The first-order valence-corrected chi connectivity index (χ1v) is 8.07. The van der Waals surface area contributed by atoms with Crippen LogP contribution in [0.2, 0.25) is 0 Å². The summed E-state index contributed by atoms with van der Waals surface area (Å²) in [4.78, 5) is 7.62. The number of aromatic amines is 1. The maximum atomic E-state index is 5.40. The zero-order valence-electron chi connectivity index (χ0n) is 13.6. The third-order valence-corrected chi connectivity index (χ3v) is 3.94. The van der Waals surface area contributed by atoms with E-state index in [1.165, 1.54) is 5.56 Å². The molecule has 1 aromatic heterocycles. The van der Waals surface area contributed by atoms with Crippen molar-refractivity contribution < 1.29 is 9.47 Å². The molecule has 0 fully saturated rings. The van der Waals surface area contributed by atoms with Gasteiger partial charge < -0.3 is 14.5 Å². The molecule has 2 aromatic carbocycles. The molecule has 0 saturated heterocycles. The van der Waals surface area contributed by atoms with E-state index >= 15 is 0 Å². The Kier molecular flexibility index (Phi) is 4.71. The summed E-state index contributed by atoms with van der Waals surface area (Å²) in [5.41, 5.74) is 6.71. The van der Waals surface area contributed by atoms with E-state index in [9.17, 15) is 0 Å². The van der Waals surface area contributed by atoms with Gasteiger partial charge in [0.25, 0.3) is 0 Å². The van der Waals surface area contributed by atoms with Gasteiger partial charge in [0.1, 0.15) is 0 Å². The molecule has 0 saturated carbocycles. The van der Waals surface area contributed by atoms with Gasteiger partial charge in [-0.05, 0) is 36.8 Å². The highest BCUT2D eigenvalue weighted by Gasteiger charge is 2.10. The monoisotopic (exact) mass is 388 g/mol. The highest BCUT2D eigenvalue weighted by molar-refractivity contribution is 9.10. The van der Waals surface area contributed by atoms with E-state index in [2.05, 4.69) is 36.4 Å². The number of aryl methyl sites for hydroxylation is 1. The van der Waals surface area contributed by atoms with Crippen molar-refractivity contribution in [1.29, 1.82) is 0 Å². The third-order valence-electron chi connectivity index (χ3n) is 3.48. The van der Waals surface area contributed by atoms with Crippen molar-refractivity contribution in [1.82, 2.24) is 9.97 Å². The number of hydrogen-bond acceptors (Lipinski definition) is 5. The molecular formula is C17H17BrN4O2. The van der Waals surface area contributed by atoms with Crippen molar-refractivity contribution in [3.8, 4) is 11.5 Å². The lowest BCUT2D eigenvalue weighted by Crippen LogP contribution is -1.98. The molecule has 6 nitrogen and oxygen atoms in total. The average molecular weight is 389 g/mol. The van der Waals surface area contributed by atoms with E-state index in [0.717, 1.165) is 21.1 Å². The van der Waals surface area contributed by atoms with Crippen LogP contribution in [0.25, 0.3) is 11.0 Å². The molecule has 0 bridgehead atoms. The molecule has 0 aliphatic rings. The number of nitrogens with one attached hydrogen (secondary N) is 2. The molecule has 0 radical (unpaired) electrons. The quantitative estimate of drug-likeness (QED) is 0.509. The van der Waals surface area contributed by atoms with E-state index in [4.69, 9.17) is 9.47 Å². The number of hydrogen-bond donors (Lipinski definition) is 2. The van der Waals surface area contributed by atoms with Crippen molar-refractivity contribution in [3.05, 3.63) is 45.9 Å². The second-order valence-corrected chi connectivity index (χ2v) is 6.12. The summed E-state index contributed by atoms with van der Waals surface area (Å²) in [7, 11) is 3.19. The summed E-state index contributed by atoms with van der Waals surface area (Å²) in [5.74, 6) is 1.83. The number of methoxy groups -OCH3 is 2. The molecule has 24 heavy (non-hydrogen) atoms. The molecule has 1 heterocycles. The van der Waals surface area contributed by atoms with Crippen LogP contribution in [0.5, 0.6) is 11.5 Å². The van der Waals surface area contributed by atoms with Gasteiger partial charge in [-0.1, -0.05) is 22.0 Å². The number of halogens is 1. The minimum atomic E-state index is 0.577. The van der Waals surface area contributed by atoms with Crippen molar-refractivity contribution >= 4 is 39.1 Å². The Hall–Kier alpha value is -2.54. The topological polar surface area (TPSA) is 71.5 Å². The summed E-state index contributed by atoms with van der Waals surface area (Å²) in [6.07, 6.45) is 1.66. The average Bonchev–Trinajstić information content (AvgIpc) is 2.96. The van der Waals surface area contributed by atoms with Crippen LogP contribution in [0.4, 0.5) is 5.95 Å². The first kappa shape index (κ1) is 16.3. The Morgan fingerprint density at radius 1 is 1.21 bits per heavy atom. The molecular weight excluding hydrogens is 372 g/mol. The molecule has 0 atom stereocenters. The number of rotatable bonds is 5. The second-order valence-electron chi connectivity index (χ2n) is 5.21. The Morgan fingerprint density at radius 2 is 2.04 bits per heavy atom. The molecule has 0 unspecified atom stereocenters. The van der Waals surface area contributed by atoms with Gasteiger partial charge in [-0.3, -0.25) is 0 Å². The molecule has 0 spiro atoms. The van der Waals surface area contributed by atoms with Gasteiger partial charge in [0.15, 0.2) is 11.5 Å². The van der Waals surface area contributed by atoms with Crippen LogP contribution in [0.15, 0.2) is 39.9 Å². The highest BCUT2D eigenvalue weighted by atomic mass is 79.9. The lowest BCUT2D eigenvalue weighted by atomic mass is 10.2. The Morgan fingerprint density at radius 3 is 2.79 bits per heavy atom. The molecule has 0 aliphatic heterocycles. The van der Waals surface area contributed by atoms with E-state index < -0.39 is 0 Å². The van der Waals surface area contributed by atoms with E-state index in [0.29, 0.717) is 17.4 Å². The van der Waals surface area contributed by atoms with E-state index in [1.807, 2.05) is 37.3 Å². The van der Waals surface area contributed by atoms with Gasteiger partial charge in [0.05, 0.1) is 31.5 Å². The zero-order chi connectivity index (χ0) is 17.1. The molecule has 0 amide bonds. The number of anilines is 1. The third kappa shape index (κ3) is 3.35. The number of ether oxygens (including phenoxy) is 2. The Labute approximate surface area is 148 Å². The number of aromatic nitrogens is 2. The van der Waals surface area contributed by atoms with Crippen LogP contribution in [0, 0.1) is 6.92 Å². The Balaban J connectivity index is 1.84. The maximum Gasteiger partial charge on any atom is 0.222 e. The summed E-state index contributed by atoms with van der Waals surface area (Å²) in [6, 6.07) is 9.77. The fourth-order valence-corrected chi connectivity index (χ4v) is 2.85. The molecule has 3 rings (SSSR count). The van der Waals surface area contributed by atoms with Crippen LogP contribution >= 0.6 is 15.9 Å². The maximum absolute atomic E-state index is 5.40. The summed E-state index contributed by atoms with van der Waals surface area (Å²) in [5, 5.41) is 4.23. The van der Waals surface area contributed by atoms with E-state index in [-0.39, 0.29) is 0 Å². The van der Waals surface area contributed by atoms with Crippen molar-refractivity contribution in [2.45, 2.75) is 6.92 Å². The first-order valence-electron chi connectivity index (χ1n) is 7.27. The lowest BCUT2D eigenvalue weighted by molar-refractivity contribution is 0.354. The number of benzene rings is 2. The van der Waals surface area contributed by atoms with Gasteiger partial charge >= 0.3 is 0 Å². The Bertz CT molecular complexity index is 905. The number of fused-ring (bicyclic) bond motifs is 1. The normalized spacial score (nSPS) is 11.2. The summed E-state index contributed by atoms with van der Waals surface area (Å²) >= 11 is 3.45. The van der Waals surface area contributed by atoms with Crippen molar-refractivity contribution in [2.24, 2.45) is 5.10 Å². The number of H-pyrrole nitrogens is 1. The summed E-state index contributed by atoms with van der Waals surface area (Å²) < 4.78 is 11.6. The first-order chi connectivity index (χ1) is 11.6. The standard InChI is InChI=1S/C17H17BrN4O2/c1-10-4-5-13-14(6-10)21-17(20-13)22-19-9-11-7-12(18)8-15(23-2)16(11)24-3/h4-9H,1-3H3,(H2,20,21,22)/b19-9-. The summed E-state index contributed by atoms with van der Waals surface area (Å²) in [6.45, 7) is 2.04. The van der Waals surface area contributed by atoms with Gasteiger partial charge in [-0.15, -0.1) is 0 Å².